The zero-order valence-electron chi connectivity index (χ0n) is 13.3. The first-order valence-corrected chi connectivity index (χ1v) is 7.81. The number of carbonyl (C=O) groups excluding carboxylic acids is 2. The van der Waals surface area contributed by atoms with Gasteiger partial charge in [-0.1, -0.05) is 6.07 Å². The van der Waals surface area contributed by atoms with Gasteiger partial charge in [0, 0.05) is 11.6 Å². The van der Waals surface area contributed by atoms with E-state index < -0.39 is 23.6 Å². The summed E-state index contributed by atoms with van der Waals surface area (Å²) in [5.41, 5.74) is 4.95. The summed E-state index contributed by atoms with van der Waals surface area (Å²) in [7, 11) is 0. The maximum atomic E-state index is 13.8. The quantitative estimate of drug-likeness (QED) is 0.840. The summed E-state index contributed by atoms with van der Waals surface area (Å²) in [5, 5.41) is 2.63. The number of nitrogens with zero attached hydrogens (tertiary/aromatic N) is 1. The molecule has 0 radical (unpaired) electrons. The molecule has 3 rings (SSSR count). The van der Waals surface area contributed by atoms with E-state index in [-0.39, 0.29) is 30.5 Å². The molecular weight excluding hydrogens is 332 g/mol. The second-order valence-corrected chi connectivity index (χ2v) is 5.85. The van der Waals surface area contributed by atoms with Gasteiger partial charge in [0.2, 0.25) is 0 Å². The summed E-state index contributed by atoms with van der Waals surface area (Å²) in [6, 6.07) is 6.04. The topological polar surface area (TPSA) is 88.6 Å². The highest BCUT2D eigenvalue weighted by Gasteiger charge is 2.33. The number of rotatable bonds is 6. The van der Waals surface area contributed by atoms with Gasteiger partial charge in [0.25, 0.3) is 5.91 Å². The van der Waals surface area contributed by atoms with E-state index >= 15 is 0 Å². The Kier molecular flexibility index (Phi) is 4.69. The van der Waals surface area contributed by atoms with Crippen molar-refractivity contribution in [3.05, 3.63) is 59.1 Å². The van der Waals surface area contributed by atoms with E-state index in [0.29, 0.717) is 5.76 Å². The summed E-state index contributed by atoms with van der Waals surface area (Å²) in [6.07, 6.45) is 1.58. The standard InChI is InChI=1S/C17H17F2N3O3/c18-13-2-1-3-14(19)12(13)9-22(10-4-5-10)17(24)21-8-11-6-7-15(25-11)16(20)23/h1-3,6-7,10H,4-5,8-9H2,(H2,20,23)(H,21,24). The van der Waals surface area contributed by atoms with Crippen molar-refractivity contribution in [3.63, 3.8) is 0 Å². The van der Waals surface area contributed by atoms with Crippen LogP contribution in [-0.2, 0) is 13.1 Å². The number of nitrogens with one attached hydrogen (secondary N) is 1. The minimum absolute atomic E-state index is 0.00303. The van der Waals surface area contributed by atoms with Crippen molar-refractivity contribution >= 4 is 11.9 Å². The molecule has 6 nitrogen and oxygen atoms in total. The molecule has 1 aliphatic carbocycles. The van der Waals surface area contributed by atoms with Gasteiger partial charge in [-0.2, -0.15) is 0 Å². The number of benzene rings is 1. The van der Waals surface area contributed by atoms with Crippen LogP contribution in [0.15, 0.2) is 34.7 Å². The number of hydrogen-bond acceptors (Lipinski definition) is 3. The Morgan fingerprint density at radius 3 is 2.44 bits per heavy atom. The van der Waals surface area contributed by atoms with E-state index in [9.17, 15) is 18.4 Å². The smallest absolute Gasteiger partial charge is 0.318 e. The number of hydrogen-bond donors (Lipinski definition) is 2. The van der Waals surface area contributed by atoms with E-state index in [2.05, 4.69) is 5.32 Å². The van der Waals surface area contributed by atoms with Crippen LogP contribution in [0.2, 0.25) is 0 Å². The fraction of sp³-hybridized carbons (Fsp3) is 0.294. The molecule has 132 valence electrons. The predicted molar refractivity (Wildman–Crippen MR) is 84.4 cm³/mol. The molecule has 1 aromatic heterocycles. The van der Waals surface area contributed by atoms with Crippen molar-refractivity contribution in [2.75, 3.05) is 0 Å². The Bertz CT molecular complexity index is 782. The second kappa shape index (κ2) is 6.92. The molecule has 0 bridgehead atoms. The van der Waals surface area contributed by atoms with Crippen LogP contribution < -0.4 is 11.1 Å². The molecule has 3 amide bonds. The molecule has 1 fully saturated rings. The van der Waals surface area contributed by atoms with Gasteiger partial charge in [-0.05, 0) is 37.1 Å². The van der Waals surface area contributed by atoms with Crippen molar-refractivity contribution in [2.24, 2.45) is 5.73 Å². The number of halogens is 2. The predicted octanol–water partition coefficient (Wildman–Crippen LogP) is 2.53. The number of nitrogens with two attached hydrogens (primary N) is 1. The molecule has 0 saturated heterocycles. The van der Waals surface area contributed by atoms with Gasteiger partial charge in [0.1, 0.15) is 17.4 Å². The first kappa shape index (κ1) is 16.9. The van der Waals surface area contributed by atoms with Gasteiger partial charge in [-0.15, -0.1) is 0 Å². The van der Waals surface area contributed by atoms with Crippen molar-refractivity contribution in [2.45, 2.75) is 32.0 Å². The van der Waals surface area contributed by atoms with Crippen LogP contribution in [0.1, 0.15) is 34.7 Å². The molecular formula is C17H17F2N3O3. The van der Waals surface area contributed by atoms with Gasteiger partial charge >= 0.3 is 6.03 Å². The van der Waals surface area contributed by atoms with Crippen molar-refractivity contribution < 1.29 is 22.8 Å². The van der Waals surface area contributed by atoms with Crippen LogP contribution in [0.3, 0.4) is 0 Å². The third-order valence-corrected chi connectivity index (χ3v) is 3.96. The lowest BCUT2D eigenvalue weighted by molar-refractivity contribution is 0.0972. The third-order valence-electron chi connectivity index (χ3n) is 3.96. The Labute approximate surface area is 142 Å². The Balaban J connectivity index is 1.66. The van der Waals surface area contributed by atoms with Crippen LogP contribution >= 0.6 is 0 Å². The van der Waals surface area contributed by atoms with Gasteiger partial charge in [-0.25, -0.2) is 13.6 Å². The van der Waals surface area contributed by atoms with Crippen LogP contribution in [-0.4, -0.2) is 22.9 Å². The van der Waals surface area contributed by atoms with E-state index in [4.69, 9.17) is 10.2 Å². The first-order chi connectivity index (χ1) is 12.0. The highest BCUT2D eigenvalue weighted by molar-refractivity contribution is 5.89. The fourth-order valence-corrected chi connectivity index (χ4v) is 2.48. The minimum Gasteiger partial charge on any atom is -0.454 e. The summed E-state index contributed by atoms with van der Waals surface area (Å²) < 4.78 is 32.8. The van der Waals surface area contributed by atoms with E-state index in [1.54, 1.807) is 0 Å². The highest BCUT2D eigenvalue weighted by atomic mass is 19.1. The van der Waals surface area contributed by atoms with E-state index in [0.717, 1.165) is 25.0 Å². The number of primary amides is 1. The Hall–Kier alpha value is -2.90. The molecule has 1 saturated carbocycles. The zero-order valence-corrected chi connectivity index (χ0v) is 13.3. The molecule has 0 spiro atoms. The monoisotopic (exact) mass is 349 g/mol. The van der Waals surface area contributed by atoms with Crippen LogP contribution in [0, 0.1) is 11.6 Å². The molecule has 0 atom stereocenters. The lowest BCUT2D eigenvalue weighted by Gasteiger charge is -2.23. The summed E-state index contributed by atoms with van der Waals surface area (Å²) in [4.78, 5) is 24.8. The van der Waals surface area contributed by atoms with Crippen molar-refractivity contribution in [1.29, 1.82) is 0 Å². The maximum Gasteiger partial charge on any atom is 0.318 e. The number of furan rings is 1. The first-order valence-electron chi connectivity index (χ1n) is 7.81. The fourth-order valence-electron chi connectivity index (χ4n) is 2.48. The lowest BCUT2D eigenvalue weighted by atomic mass is 10.2. The molecule has 0 unspecified atom stereocenters. The van der Waals surface area contributed by atoms with Crippen LogP contribution in [0.5, 0.6) is 0 Å². The molecule has 1 heterocycles. The number of urea groups is 1. The van der Waals surface area contributed by atoms with Crippen molar-refractivity contribution in [1.82, 2.24) is 10.2 Å². The maximum absolute atomic E-state index is 13.8. The summed E-state index contributed by atoms with van der Waals surface area (Å²) in [5.74, 6) is -1.72. The molecule has 2 aromatic rings. The average molecular weight is 349 g/mol. The van der Waals surface area contributed by atoms with Gasteiger partial charge < -0.3 is 20.4 Å². The summed E-state index contributed by atoms with van der Waals surface area (Å²) >= 11 is 0. The van der Waals surface area contributed by atoms with Gasteiger partial charge in [-0.3, -0.25) is 4.79 Å². The third kappa shape index (κ3) is 3.96. The Morgan fingerprint density at radius 1 is 1.20 bits per heavy atom. The lowest BCUT2D eigenvalue weighted by Crippen LogP contribution is -2.41. The molecule has 8 heteroatoms. The SMILES string of the molecule is NC(=O)c1ccc(CNC(=O)N(Cc2c(F)cccc2F)C2CC2)o1. The second-order valence-electron chi connectivity index (χ2n) is 5.85. The normalized spacial score (nSPS) is 13.5. The van der Waals surface area contributed by atoms with Gasteiger partial charge in [0.15, 0.2) is 5.76 Å². The average Bonchev–Trinajstić information content (AvgIpc) is 3.29. The number of carbonyl (C=O) groups is 2. The van der Waals surface area contributed by atoms with Gasteiger partial charge in [0.05, 0.1) is 13.1 Å². The minimum atomic E-state index is -0.702. The zero-order chi connectivity index (χ0) is 18.0. The Morgan fingerprint density at radius 2 is 1.88 bits per heavy atom. The number of amides is 3. The molecule has 1 aliphatic rings. The highest BCUT2D eigenvalue weighted by Crippen LogP contribution is 2.29. The molecule has 0 aliphatic heterocycles. The van der Waals surface area contributed by atoms with E-state index in [1.165, 1.54) is 23.1 Å². The molecule has 3 N–H and O–H groups in total. The van der Waals surface area contributed by atoms with Crippen LogP contribution in [0.4, 0.5) is 13.6 Å². The summed E-state index contributed by atoms with van der Waals surface area (Å²) in [6.45, 7) is -0.116. The van der Waals surface area contributed by atoms with Crippen LogP contribution in [0.25, 0.3) is 0 Å². The molecule has 25 heavy (non-hydrogen) atoms. The molecule has 1 aromatic carbocycles. The largest absolute Gasteiger partial charge is 0.454 e. The van der Waals surface area contributed by atoms with Crippen molar-refractivity contribution in [3.8, 4) is 0 Å². The van der Waals surface area contributed by atoms with E-state index in [1.807, 2.05) is 0 Å².